The predicted molar refractivity (Wildman–Crippen MR) is 50.0 cm³/mol. The first-order valence-electron chi connectivity index (χ1n) is 4.88. The molecule has 1 unspecified atom stereocenters. The summed E-state index contributed by atoms with van der Waals surface area (Å²) in [6.45, 7) is 9.50. The summed E-state index contributed by atoms with van der Waals surface area (Å²) in [5, 5.41) is 9.30. The summed E-state index contributed by atoms with van der Waals surface area (Å²) in [6, 6.07) is 0. The van der Waals surface area contributed by atoms with Crippen molar-refractivity contribution in [2.75, 3.05) is 32.7 Å². The number of nitrogens with zero attached hydrogens (tertiary/aromatic N) is 2. The summed E-state index contributed by atoms with van der Waals surface area (Å²) in [5.41, 5.74) is 0. The molecule has 1 rings (SSSR count). The van der Waals surface area contributed by atoms with E-state index in [1.807, 2.05) is 6.92 Å². The van der Waals surface area contributed by atoms with E-state index in [2.05, 4.69) is 16.7 Å². The van der Waals surface area contributed by atoms with Crippen LogP contribution >= 0.6 is 0 Å². The van der Waals surface area contributed by atoms with Gasteiger partial charge in [-0.25, -0.2) is 0 Å². The van der Waals surface area contributed by atoms with E-state index in [0.29, 0.717) is 0 Å². The van der Waals surface area contributed by atoms with Crippen molar-refractivity contribution in [2.45, 2.75) is 26.5 Å². The molecule has 0 aromatic rings. The highest BCUT2D eigenvalue weighted by Crippen LogP contribution is 2.04. The van der Waals surface area contributed by atoms with Crippen LogP contribution in [0.15, 0.2) is 0 Å². The van der Waals surface area contributed by atoms with Gasteiger partial charge in [-0.2, -0.15) is 0 Å². The second-order valence-corrected chi connectivity index (χ2v) is 3.51. The molecular weight excluding hydrogens is 152 g/mol. The van der Waals surface area contributed by atoms with Crippen LogP contribution in [0.1, 0.15) is 20.3 Å². The largest absolute Gasteiger partial charge is 0.379 e. The van der Waals surface area contributed by atoms with E-state index < -0.39 is 0 Å². The Morgan fingerprint density at radius 3 is 2.25 bits per heavy atom. The van der Waals surface area contributed by atoms with E-state index in [0.717, 1.165) is 26.2 Å². The van der Waals surface area contributed by atoms with Gasteiger partial charge in [-0.3, -0.25) is 4.90 Å². The zero-order valence-electron chi connectivity index (χ0n) is 8.16. The lowest BCUT2D eigenvalue weighted by molar-refractivity contribution is -0.0126. The zero-order valence-corrected chi connectivity index (χ0v) is 8.16. The number of piperazine rings is 1. The molecule has 0 radical (unpaired) electrons. The first-order valence-corrected chi connectivity index (χ1v) is 4.88. The number of hydrogen-bond acceptors (Lipinski definition) is 3. The molecule has 0 aliphatic carbocycles. The van der Waals surface area contributed by atoms with Gasteiger partial charge in [-0.05, 0) is 19.9 Å². The van der Waals surface area contributed by atoms with Crippen LogP contribution in [-0.4, -0.2) is 53.9 Å². The van der Waals surface area contributed by atoms with Gasteiger partial charge in [0.2, 0.25) is 0 Å². The Hall–Kier alpha value is -0.120. The normalized spacial score (nSPS) is 24.2. The molecule has 0 spiro atoms. The van der Waals surface area contributed by atoms with Crippen LogP contribution in [0.25, 0.3) is 0 Å². The molecule has 3 nitrogen and oxygen atoms in total. The molecule has 1 fully saturated rings. The first-order chi connectivity index (χ1) is 5.74. The Balaban J connectivity index is 2.20. The van der Waals surface area contributed by atoms with Crippen molar-refractivity contribution < 1.29 is 5.11 Å². The highest BCUT2D eigenvalue weighted by atomic mass is 16.3. The standard InChI is InChI=1S/C9H20N2O/c1-3-4-10-5-7-11(8-6-10)9(2)12/h9,12H,3-8H2,1-2H3. The van der Waals surface area contributed by atoms with E-state index in [1.165, 1.54) is 13.0 Å². The van der Waals surface area contributed by atoms with Crippen molar-refractivity contribution >= 4 is 0 Å². The Labute approximate surface area is 75.0 Å². The average molecular weight is 172 g/mol. The van der Waals surface area contributed by atoms with Crippen molar-refractivity contribution in [3.05, 3.63) is 0 Å². The van der Waals surface area contributed by atoms with Gasteiger partial charge in [0.25, 0.3) is 0 Å². The van der Waals surface area contributed by atoms with Crippen LogP contribution in [-0.2, 0) is 0 Å². The van der Waals surface area contributed by atoms with Gasteiger partial charge in [0, 0.05) is 26.2 Å². The lowest BCUT2D eigenvalue weighted by atomic mass is 10.3. The van der Waals surface area contributed by atoms with E-state index >= 15 is 0 Å². The van der Waals surface area contributed by atoms with Gasteiger partial charge in [0.15, 0.2) is 0 Å². The van der Waals surface area contributed by atoms with E-state index in [4.69, 9.17) is 0 Å². The monoisotopic (exact) mass is 172 g/mol. The molecule has 0 aromatic carbocycles. The minimum absolute atomic E-state index is 0.270. The summed E-state index contributed by atoms with van der Waals surface area (Å²) in [6.07, 6.45) is 0.961. The third kappa shape index (κ3) is 2.73. The summed E-state index contributed by atoms with van der Waals surface area (Å²) < 4.78 is 0. The molecular formula is C9H20N2O. The molecule has 1 aliphatic heterocycles. The van der Waals surface area contributed by atoms with Crippen molar-refractivity contribution in [3.63, 3.8) is 0 Å². The van der Waals surface area contributed by atoms with Crippen LogP contribution in [0, 0.1) is 0 Å². The Kier molecular flexibility index (Phi) is 3.98. The Morgan fingerprint density at radius 2 is 1.83 bits per heavy atom. The number of aliphatic hydroxyl groups is 1. The Morgan fingerprint density at radius 1 is 1.25 bits per heavy atom. The number of rotatable bonds is 3. The van der Waals surface area contributed by atoms with Crippen LogP contribution in [0.2, 0.25) is 0 Å². The maximum Gasteiger partial charge on any atom is 0.104 e. The number of hydrogen-bond donors (Lipinski definition) is 1. The molecule has 1 heterocycles. The minimum Gasteiger partial charge on any atom is -0.379 e. The summed E-state index contributed by atoms with van der Waals surface area (Å²) >= 11 is 0. The lowest BCUT2D eigenvalue weighted by Gasteiger charge is -2.35. The molecule has 0 aromatic heterocycles. The van der Waals surface area contributed by atoms with Gasteiger partial charge >= 0.3 is 0 Å². The molecule has 0 saturated carbocycles. The van der Waals surface area contributed by atoms with Crippen molar-refractivity contribution in [3.8, 4) is 0 Å². The van der Waals surface area contributed by atoms with Gasteiger partial charge in [0.05, 0.1) is 0 Å². The molecule has 1 saturated heterocycles. The van der Waals surface area contributed by atoms with Crippen LogP contribution in [0.3, 0.4) is 0 Å². The third-order valence-electron chi connectivity index (χ3n) is 2.48. The average Bonchev–Trinajstić information content (AvgIpc) is 2.06. The summed E-state index contributed by atoms with van der Waals surface area (Å²) in [5.74, 6) is 0. The second kappa shape index (κ2) is 4.80. The maximum absolute atomic E-state index is 9.30. The second-order valence-electron chi connectivity index (χ2n) is 3.51. The van der Waals surface area contributed by atoms with E-state index in [9.17, 15) is 5.11 Å². The highest BCUT2D eigenvalue weighted by Gasteiger charge is 2.18. The fourth-order valence-electron chi connectivity index (χ4n) is 1.68. The molecule has 72 valence electrons. The molecule has 0 amide bonds. The van der Waals surface area contributed by atoms with E-state index in [-0.39, 0.29) is 6.23 Å². The van der Waals surface area contributed by atoms with Crippen LogP contribution in [0.4, 0.5) is 0 Å². The van der Waals surface area contributed by atoms with Crippen molar-refractivity contribution in [1.29, 1.82) is 0 Å². The highest BCUT2D eigenvalue weighted by molar-refractivity contribution is 4.71. The van der Waals surface area contributed by atoms with Crippen molar-refractivity contribution in [2.24, 2.45) is 0 Å². The molecule has 1 atom stereocenters. The topological polar surface area (TPSA) is 26.7 Å². The van der Waals surface area contributed by atoms with Gasteiger partial charge in [0.1, 0.15) is 6.23 Å². The first kappa shape index (κ1) is 9.96. The smallest absolute Gasteiger partial charge is 0.104 e. The molecule has 0 bridgehead atoms. The van der Waals surface area contributed by atoms with Gasteiger partial charge in [-0.1, -0.05) is 6.92 Å². The SMILES string of the molecule is CCCN1CCN(C(C)O)CC1. The third-order valence-corrected chi connectivity index (χ3v) is 2.48. The fraction of sp³-hybridized carbons (Fsp3) is 1.00. The van der Waals surface area contributed by atoms with Crippen molar-refractivity contribution in [1.82, 2.24) is 9.80 Å². The molecule has 12 heavy (non-hydrogen) atoms. The van der Waals surface area contributed by atoms with E-state index in [1.54, 1.807) is 0 Å². The summed E-state index contributed by atoms with van der Waals surface area (Å²) in [7, 11) is 0. The fourth-order valence-corrected chi connectivity index (χ4v) is 1.68. The van der Waals surface area contributed by atoms with Crippen LogP contribution < -0.4 is 0 Å². The quantitative estimate of drug-likeness (QED) is 0.665. The Bertz CT molecular complexity index is 120. The minimum atomic E-state index is -0.270. The lowest BCUT2D eigenvalue weighted by Crippen LogP contribution is -2.49. The maximum atomic E-state index is 9.30. The predicted octanol–water partition coefficient (Wildman–Crippen LogP) is 0.352. The summed E-state index contributed by atoms with van der Waals surface area (Å²) in [4.78, 5) is 4.57. The van der Waals surface area contributed by atoms with Crippen LogP contribution in [0.5, 0.6) is 0 Å². The molecule has 3 heteroatoms. The number of aliphatic hydroxyl groups excluding tert-OH is 1. The molecule has 1 aliphatic rings. The van der Waals surface area contributed by atoms with Gasteiger partial charge < -0.3 is 10.0 Å². The molecule has 1 N–H and O–H groups in total. The zero-order chi connectivity index (χ0) is 8.97. The van der Waals surface area contributed by atoms with Gasteiger partial charge in [-0.15, -0.1) is 0 Å².